The van der Waals surface area contributed by atoms with Crippen molar-refractivity contribution in [1.82, 2.24) is 4.72 Å². The van der Waals surface area contributed by atoms with E-state index in [0.717, 1.165) is 19.3 Å². The fourth-order valence-corrected chi connectivity index (χ4v) is 3.44. The van der Waals surface area contributed by atoms with E-state index in [1.54, 1.807) is 18.2 Å². The van der Waals surface area contributed by atoms with Gasteiger partial charge in [-0.3, -0.25) is 0 Å². The molecular weight excluding hydrogens is 272 g/mol. The van der Waals surface area contributed by atoms with Crippen LogP contribution < -0.4 is 10.0 Å². The van der Waals surface area contributed by atoms with E-state index in [2.05, 4.69) is 16.0 Å². The van der Waals surface area contributed by atoms with Crippen LogP contribution in [0.4, 0.5) is 5.69 Å². The fraction of sp³-hybridized carbons (Fsp3) is 0.467. The molecule has 0 spiro atoms. The largest absolute Gasteiger partial charge is 0.380 e. The average Bonchev–Trinajstić information content (AvgIpc) is 3.22. The minimum absolute atomic E-state index is 0.0808. The number of sulfonamides is 1. The van der Waals surface area contributed by atoms with E-state index in [4.69, 9.17) is 6.42 Å². The Balaban J connectivity index is 2.23. The van der Waals surface area contributed by atoms with Gasteiger partial charge in [0.15, 0.2) is 0 Å². The number of terminal acetylenes is 1. The van der Waals surface area contributed by atoms with E-state index < -0.39 is 10.0 Å². The van der Waals surface area contributed by atoms with Crippen molar-refractivity contribution in [1.29, 1.82) is 0 Å². The molecule has 20 heavy (non-hydrogen) atoms. The highest BCUT2D eigenvalue weighted by atomic mass is 32.2. The molecule has 2 rings (SSSR count). The quantitative estimate of drug-likeness (QED) is 0.758. The van der Waals surface area contributed by atoms with Gasteiger partial charge in [0.2, 0.25) is 10.0 Å². The van der Waals surface area contributed by atoms with E-state index in [0.29, 0.717) is 17.0 Å². The van der Waals surface area contributed by atoms with Gasteiger partial charge in [-0.05, 0) is 31.4 Å². The van der Waals surface area contributed by atoms with Crippen LogP contribution in [-0.2, 0) is 10.0 Å². The van der Waals surface area contributed by atoms with Gasteiger partial charge in [0.25, 0.3) is 0 Å². The lowest BCUT2D eigenvalue weighted by molar-refractivity contribution is 0.581. The third-order valence-electron chi connectivity index (χ3n) is 3.29. The lowest BCUT2D eigenvalue weighted by atomic mass is 10.1. The molecule has 0 aliphatic heterocycles. The summed E-state index contributed by atoms with van der Waals surface area (Å²) in [7, 11) is -3.46. The molecule has 0 bridgehead atoms. The summed E-state index contributed by atoms with van der Waals surface area (Å²) in [5.74, 6) is 2.61. The highest BCUT2D eigenvalue weighted by molar-refractivity contribution is 7.89. The average molecular weight is 292 g/mol. The minimum atomic E-state index is -3.46. The molecule has 1 atom stereocenters. The zero-order valence-electron chi connectivity index (χ0n) is 11.6. The Morgan fingerprint density at radius 1 is 1.40 bits per heavy atom. The van der Waals surface area contributed by atoms with Gasteiger partial charge in [-0.25, -0.2) is 13.1 Å². The lowest BCUT2D eigenvalue weighted by Gasteiger charge is -2.18. The molecule has 108 valence electrons. The van der Waals surface area contributed by atoms with Crippen LogP contribution in [0.3, 0.4) is 0 Å². The van der Waals surface area contributed by atoms with E-state index >= 15 is 0 Å². The summed E-state index contributed by atoms with van der Waals surface area (Å²) in [5.41, 5.74) is 0.614. The Hall–Kier alpha value is -1.51. The van der Waals surface area contributed by atoms with E-state index in [1.165, 1.54) is 0 Å². The predicted octanol–water partition coefficient (Wildman–Crippen LogP) is 2.34. The van der Waals surface area contributed by atoms with Crippen LogP contribution in [-0.4, -0.2) is 20.5 Å². The third-order valence-corrected chi connectivity index (χ3v) is 4.87. The fourth-order valence-electron chi connectivity index (χ4n) is 1.96. The van der Waals surface area contributed by atoms with Crippen molar-refractivity contribution in [3.05, 3.63) is 24.3 Å². The Bertz CT molecular complexity index is 601. The molecule has 0 radical (unpaired) electrons. The monoisotopic (exact) mass is 292 g/mol. The molecule has 0 heterocycles. The lowest BCUT2D eigenvalue weighted by Crippen LogP contribution is -2.27. The maximum atomic E-state index is 12.3. The Morgan fingerprint density at radius 3 is 2.70 bits per heavy atom. The van der Waals surface area contributed by atoms with Crippen molar-refractivity contribution in [2.75, 3.05) is 5.32 Å². The number of benzene rings is 1. The number of hydrogen-bond donors (Lipinski definition) is 2. The van der Waals surface area contributed by atoms with Crippen LogP contribution in [0.5, 0.6) is 0 Å². The Kier molecular flexibility index (Phi) is 4.69. The smallest absolute Gasteiger partial charge is 0.242 e. The first-order valence-electron chi connectivity index (χ1n) is 6.88. The Labute approximate surface area is 121 Å². The number of hydrogen-bond acceptors (Lipinski definition) is 3. The molecule has 2 N–H and O–H groups in total. The highest BCUT2D eigenvalue weighted by Gasteiger charge is 2.29. The second-order valence-electron chi connectivity index (χ2n) is 5.05. The molecule has 4 nitrogen and oxygen atoms in total. The van der Waals surface area contributed by atoms with Crippen molar-refractivity contribution in [2.24, 2.45) is 0 Å². The summed E-state index contributed by atoms with van der Waals surface area (Å²) >= 11 is 0. The summed E-state index contributed by atoms with van der Waals surface area (Å²) in [6.07, 6.45) is 8.59. The molecule has 1 aromatic carbocycles. The third kappa shape index (κ3) is 3.75. The highest BCUT2D eigenvalue weighted by Crippen LogP contribution is 2.26. The van der Waals surface area contributed by atoms with Gasteiger partial charge in [0, 0.05) is 18.5 Å². The molecule has 1 aliphatic carbocycles. The van der Waals surface area contributed by atoms with E-state index in [9.17, 15) is 8.42 Å². The van der Waals surface area contributed by atoms with Gasteiger partial charge < -0.3 is 5.32 Å². The molecule has 0 aromatic heterocycles. The molecule has 1 aromatic rings. The topological polar surface area (TPSA) is 58.2 Å². The van der Waals surface area contributed by atoms with Crippen LogP contribution in [0.15, 0.2) is 29.2 Å². The zero-order valence-corrected chi connectivity index (χ0v) is 12.4. The summed E-state index contributed by atoms with van der Waals surface area (Å²) in [5, 5.41) is 3.24. The molecule has 1 fully saturated rings. The summed E-state index contributed by atoms with van der Waals surface area (Å²) in [6, 6.07) is 7.13. The van der Waals surface area contributed by atoms with E-state index in [1.807, 2.05) is 13.0 Å². The summed E-state index contributed by atoms with van der Waals surface area (Å²) in [6.45, 7) is 2.02. The maximum Gasteiger partial charge on any atom is 0.242 e. The minimum Gasteiger partial charge on any atom is -0.380 e. The van der Waals surface area contributed by atoms with Crippen LogP contribution in [0, 0.1) is 12.3 Å². The standard InChI is InChI=1S/C15H20N2O2S/c1-3-7-12(4-2)16-14-8-5-6-9-15(14)20(18,19)17-13-10-11-13/h1,5-6,8-9,12-13,16-17H,4,7,10-11H2,2H3. The maximum absolute atomic E-state index is 12.3. The molecule has 0 saturated heterocycles. The predicted molar refractivity (Wildman–Crippen MR) is 80.9 cm³/mol. The first-order chi connectivity index (χ1) is 9.56. The van der Waals surface area contributed by atoms with Crippen LogP contribution in [0.2, 0.25) is 0 Å². The van der Waals surface area contributed by atoms with Crippen LogP contribution in [0.1, 0.15) is 32.6 Å². The first kappa shape index (κ1) is 14.9. The number of anilines is 1. The van der Waals surface area contributed by atoms with Gasteiger partial charge >= 0.3 is 0 Å². The molecule has 1 aliphatic rings. The van der Waals surface area contributed by atoms with Crippen molar-refractivity contribution in [3.8, 4) is 12.3 Å². The normalized spacial score (nSPS) is 16.4. The second kappa shape index (κ2) is 6.29. The van der Waals surface area contributed by atoms with Crippen molar-refractivity contribution in [2.45, 2.75) is 49.6 Å². The van der Waals surface area contributed by atoms with Crippen molar-refractivity contribution < 1.29 is 8.42 Å². The van der Waals surface area contributed by atoms with Crippen molar-refractivity contribution >= 4 is 15.7 Å². The van der Waals surface area contributed by atoms with Crippen LogP contribution >= 0.6 is 0 Å². The molecular formula is C15H20N2O2S. The number of rotatable bonds is 7. The molecule has 1 unspecified atom stereocenters. The van der Waals surface area contributed by atoms with Gasteiger partial charge in [0.1, 0.15) is 4.90 Å². The van der Waals surface area contributed by atoms with Gasteiger partial charge in [-0.15, -0.1) is 12.3 Å². The van der Waals surface area contributed by atoms with Gasteiger partial charge in [0.05, 0.1) is 5.69 Å². The molecule has 0 amide bonds. The van der Waals surface area contributed by atoms with E-state index in [-0.39, 0.29) is 12.1 Å². The zero-order chi connectivity index (χ0) is 14.6. The number of para-hydroxylation sites is 1. The van der Waals surface area contributed by atoms with Gasteiger partial charge in [-0.1, -0.05) is 19.1 Å². The molecule has 1 saturated carbocycles. The Morgan fingerprint density at radius 2 is 2.10 bits per heavy atom. The number of nitrogens with one attached hydrogen (secondary N) is 2. The van der Waals surface area contributed by atoms with Crippen molar-refractivity contribution in [3.63, 3.8) is 0 Å². The SMILES string of the molecule is C#CCC(CC)Nc1ccccc1S(=O)(=O)NC1CC1. The first-order valence-corrected chi connectivity index (χ1v) is 8.36. The van der Waals surface area contributed by atoms with Crippen LogP contribution in [0.25, 0.3) is 0 Å². The van der Waals surface area contributed by atoms with Gasteiger partial charge in [-0.2, -0.15) is 0 Å². The molecule has 5 heteroatoms. The summed E-state index contributed by atoms with van der Waals surface area (Å²) in [4.78, 5) is 0.294. The summed E-state index contributed by atoms with van der Waals surface area (Å²) < 4.78 is 27.4. The second-order valence-corrected chi connectivity index (χ2v) is 6.73.